The Hall–Kier alpha value is -0.590. The fraction of sp³-hybridized carbons (Fsp3) is 0.667. The molecule has 0 amide bonds. The molecule has 3 aliphatic rings. The van der Waals surface area contributed by atoms with Gasteiger partial charge in [-0.2, -0.15) is 0 Å². The molecule has 0 heterocycles. The van der Waals surface area contributed by atoms with Crippen LogP contribution in [0, 0.1) is 23.7 Å². The van der Waals surface area contributed by atoms with Crippen molar-refractivity contribution < 1.29 is 4.79 Å². The van der Waals surface area contributed by atoms with Crippen LogP contribution in [0.2, 0.25) is 0 Å². The third-order valence-electron chi connectivity index (χ3n) is 3.36. The van der Waals surface area contributed by atoms with Gasteiger partial charge >= 0.3 is 0 Å². The van der Waals surface area contributed by atoms with Gasteiger partial charge in [-0.05, 0) is 36.7 Å². The molecule has 2 fully saturated rings. The van der Waals surface area contributed by atoms with Crippen LogP contribution in [0.3, 0.4) is 0 Å². The number of carbonyl (C=O) groups is 1. The fourth-order valence-electron chi connectivity index (χ4n) is 2.72. The van der Waals surface area contributed by atoms with Gasteiger partial charge in [0.25, 0.3) is 0 Å². The number of rotatable bonds is 0. The lowest BCUT2D eigenvalue weighted by atomic mass is 9.89. The Morgan fingerprint density at radius 3 is 3.00 bits per heavy atom. The highest BCUT2D eigenvalue weighted by atomic mass is 16.1. The summed E-state index contributed by atoms with van der Waals surface area (Å²) in [7, 11) is 0. The van der Waals surface area contributed by atoms with Crippen LogP contribution in [0.5, 0.6) is 0 Å². The molecule has 0 radical (unpaired) electrons. The van der Waals surface area contributed by atoms with Crippen LogP contribution in [0.25, 0.3) is 0 Å². The van der Waals surface area contributed by atoms with E-state index in [1.165, 1.54) is 12.8 Å². The fourth-order valence-corrected chi connectivity index (χ4v) is 2.72. The minimum Gasteiger partial charge on any atom is -0.295 e. The average molecular weight is 134 g/mol. The highest BCUT2D eigenvalue weighted by Crippen LogP contribution is 2.60. The maximum atomic E-state index is 11.2. The number of fused-ring (bicyclic) bond motifs is 5. The van der Waals surface area contributed by atoms with E-state index >= 15 is 0 Å². The van der Waals surface area contributed by atoms with E-state index in [-0.39, 0.29) is 0 Å². The number of ketones is 1. The van der Waals surface area contributed by atoms with E-state index in [1.807, 2.05) is 6.08 Å². The first kappa shape index (κ1) is 5.11. The first-order chi connectivity index (χ1) is 4.86. The number of carbonyl (C=O) groups excluding carboxylic acids is 1. The highest BCUT2D eigenvalue weighted by Gasteiger charge is 2.56. The Morgan fingerprint density at radius 1 is 1.30 bits per heavy atom. The highest BCUT2D eigenvalue weighted by molar-refractivity contribution is 5.93. The topological polar surface area (TPSA) is 17.1 Å². The molecule has 0 spiro atoms. The summed E-state index contributed by atoms with van der Waals surface area (Å²) in [5.74, 6) is 3.34. The van der Waals surface area contributed by atoms with E-state index in [0.717, 1.165) is 17.8 Å². The maximum absolute atomic E-state index is 11.2. The molecule has 4 atom stereocenters. The minimum atomic E-state index is 0.404. The number of hydrogen-bond donors (Lipinski definition) is 0. The van der Waals surface area contributed by atoms with Gasteiger partial charge in [0.1, 0.15) is 0 Å². The van der Waals surface area contributed by atoms with E-state index in [4.69, 9.17) is 0 Å². The Kier molecular flexibility index (Phi) is 0.697. The second-order valence-corrected chi connectivity index (χ2v) is 3.83. The lowest BCUT2D eigenvalue weighted by molar-refractivity contribution is -0.119. The van der Waals surface area contributed by atoms with Crippen molar-refractivity contribution in [2.24, 2.45) is 23.7 Å². The molecular weight excluding hydrogens is 124 g/mol. The van der Waals surface area contributed by atoms with E-state index in [2.05, 4.69) is 6.08 Å². The van der Waals surface area contributed by atoms with Gasteiger partial charge in [-0.15, -0.1) is 0 Å². The third-order valence-corrected chi connectivity index (χ3v) is 3.36. The van der Waals surface area contributed by atoms with E-state index in [9.17, 15) is 4.79 Å². The molecule has 3 rings (SSSR count). The van der Waals surface area contributed by atoms with Crippen molar-refractivity contribution in [3.63, 3.8) is 0 Å². The first-order valence-electron chi connectivity index (χ1n) is 4.08. The Bertz CT molecular complexity index is 229. The number of hydrogen-bond acceptors (Lipinski definition) is 1. The SMILES string of the molecule is O=C1C=CC2CC1C1CC21. The maximum Gasteiger partial charge on any atom is 0.158 e. The van der Waals surface area contributed by atoms with Crippen molar-refractivity contribution in [3.8, 4) is 0 Å². The molecule has 1 heteroatoms. The predicted octanol–water partition coefficient (Wildman–Crippen LogP) is 1.40. The van der Waals surface area contributed by atoms with Gasteiger partial charge in [-0.25, -0.2) is 0 Å². The summed E-state index contributed by atoms with van der Waals surface area (Å²) < 4.78 is 0. The molecule has 52 valence electrons. The number of allylic oxidation sites excluding steroid dienone is 2. The molecule has 0 aromatic carbocycles. The Morgan fingerprint density at radius 2 is 2.20 bits per heavy atom. The van der Waals surface area contributed by atoms with E-state index in [1.54, 1.807) is 0 Å². The predicted molar refractivity (Wildman–Crippen MR) is 37.3 cm³/mol. The van der Waals surface area contributed by atoms with Crippen LogP contribution in [-0.4, -0.2) is 5.78 Å². The molecular formula is C9H10O. The molecule has 0 aromatic heterocycles. The molecule has 0 saturated heterocycles. The summed E-state index contributed by atoms with van der Waals surface area (Å²) in [6.07, 6.45) is 6.46. The van der Waals surface area contributed by atoms with Crippen LogP contribution >= 0.6 is 0 Å². The standard InChI is InChI=1S/C9H10O/c10-9-2-1-5-3-8(9)7-4-6(5)7/h1-2,5-8H,3-4H2. The normalized spacial score (nSPS) is 55.0. The largest absolute Gasteiger partial charge is 0.295 e. The van der Waals surface area contributed by atoms with Gasteiger partial charge in [0.15, 0.2) is 5.78 Å². The van der Waals surface area contributed by atoms with Gasteiger partial charge in [0.2, 0.25) is 0 Å². The van der Waals surface area contributed by atoms with Gasteiger partial charge < -0.3 is 0 Å². The quantitative estimate of drug-likeness (QED) is 0.489. The van der Waals surface area contributed by atoms with Gasteiger partial charge in [0, 0.05) is 5.92 Å². The van der Waals surface area contributed by atoms with Crippen LogP contribution in [0.15, 0.2) is 12.2 Å². The Labute approximate surface area is 60.1 Å². The molecule has 2 bridgehead atoms. The summed E-state index contributed by atoms with van der Waals surface area (Å²) >= 11 is 0. The second-order valence-electron chi connectivity index (χ2n) is 3.83. The van der Waals surface area contributed by atoms with Crippen LogP contribution in [-0.2, 0) is 4.79 Å². The summed E-state index contributed by atoms with van der Waals surface area (Å²) in [6.45, 7) is 0. The van der Waals surface area contributed by atoms with Crippen molar-refractivity contribution in [2.75, 3.05) is 0 Å². The third kappa shape index (κ3) is 0.437. The van der Waals surface area contributed by atoms with Crippen LogP contribution < -0.4 is 0 Å². The van der Waals surface area contributed by atoms with Gasteiger partial charge in [-0.1, -0.05) is 6.08 Å². The molecule has 4 unspecified atom stereocenters. The lowest BCUT2D eigenvalue weighted by Crippen LogP contribution is -2.16. The minimum absolute atomic E-state index is 0.404. The molecule has 1 nitrogen and oxygen atoms in total. The first-order valence-corrected chi connectivity index (χ1v) is 4.08. The zero-order valence-electron chi connectivity index (χ0n) is 5.79. The summed E-state index contributed by atoms with van der Waals surface area (Å²) in [5, 5.41) is 0. The molecule has 3 aliphatic carbocycles. The molecule has 10 heavy (non-hydrogen) atoms. The molecule has 0 N–H and O–H groups in total. The molecule has 2 saturated carbocycles. The van der Waals surface area contributed by atoms with E-state index in [0.29, 0.717) is 11.7 Å². The summed E-state index contributed by atoms with van der Waals surface area (Å²) in [4.78, 5) is 11.2. The van der Waals surface area contributed by atoms with Gasteiger partial charge in [0.05, 0.1) is 0 Å². The monoisotopic (exact) mass is 134 g/mol. The van der Waals surface area contributed by atoms with Gasteiger partial charge in [-0.3, -0.25) is 4.79 Å². The van der Waals surface area contributed by atoms with Crippen LogP contribution in [0.4, 0.5) is 0 Å². The van der Waals surface area contributed by atoms with Crippen molar-refractivity contribution in [3.05, 3.63) is 12.2 Å². The average Bonchev–Trinajstić information content (AvgIpc) is 2.65. The second kappa shape index (κ2) is 1.36. The van der Waals surface area contributed by atoms with Crippen molar-refractivity contribution in [1.82, 2.24) is 0 Å². The zero-order chi connectivity index (χ0) is 6.72. The smallest absolute Gasteiger partial charge is 0.158 e. The lowest BCUT2D eigenvalue weighted by Gasteiger charge is -2.14. The van der Waals surface area contributed by atoms with Crippen molar-refractivity contribution >= 4 is 5.78 Å². The molecule has 0 aliphatic heterocycles. The molecule has 0 aromatic rings. The van der Waals surface area contributed by atoms with Crippen molar-refractivity contribution in [2.45, 2.75) is 12.8 Å². The zero-order valence-corrected chi connectivity index (χ0v) is 5.79. The van der Waals surface area contributed by atoms with E-state index < -0.39 is 0 Å². The Balaban J connectivity index is 2.07. The van der Waals surface area contributed by atoms with Crippen LogP contribution in [0.1, 0.15) is 12.8 Å². The van der Waals surface area contributed by atoms with Crippen molar-refractivity contribution in [1.29, 1.82) is 0 Å². The summed E-state index contributed by atoms with van der Waals surface area (Å²) in [5.41, 5.74) is 0. The summed E-state index contributed by atoms with van der Waals surface area (Å²) in [6, 6.07) is 0.